The first-order valence-electron chi connectivity index (χ1n) is 9.24. The molecule has 2 N–H and O–H groups in total. The molecule has 0 radical (unpaired) electrons. The van der Waals surface area contributed by atoms with Gasteiger partial charge < -0.3 is 15.5 Å². The maximum Gasteiger partial charge on any atom is 0.253 e. The number of hydrogen-bond acceptors (Lipinski definition) is 2. The highest BCUT2D eigenvalue weighted by Crippen LogP contribution is 2.23. The summed E-state index contributed by atoms with van der Waals surface area (Å²) in [7, 11) is 5.25. The Kier molecular flexibility index (Phi) is 9.92. The number of benzene rings is 2. The van der Waals surface area contributed by atoms with Crippen molar-refractivity contribution < 1.29 is 4.79 Å². The van der Waals surface area contributed by atoms with Crippen molar-refractivity contribution in [1.29, 1.82) is 0 Å². The van der Waals surface area contributed by atoms with E-state index in [1.165, 1.54) is 5.56 Å². The Bertz CT molecular complexity index is 818. The normalized spacial score (nSPS) is 11.4. The average molecular weight is 529 g/mol. The van der Waals surface area contributed by atoms with Crippen LogP contribution in [0.15, 0.2) is 53.5 Å². The maximum absolute atomic E-state index is 12.0. The Morgan fingerprint density at radius 1 is 1.03 bits per heavy atom. The topological polar surface area (TPSA) is 56.7 Å². The van der Waals surface area contributed by atoms with E-state index in [-0.39, 0.29) is 35.3 Å². The number of nitrogens with one attached hydrogen (secondary N) is 2. The number of nitrogens with zero attached hydrogens (tertiary/aromatic N) is 2. The van der Waals surface area contributed by atoms with Gasteiger partial charge in [0.1, 0.15) is 0 Å². The highest BCUT2D eigenvalue weighted by atomic mass is 127. The van der Waals surface area contributed by atoms with Gasteiger partial charge in [0.15, 0.2) is 5.96 Å². The van der Waals surface area contributed by atoms with Crippen molar-refractivity contribution in [3.63, 3.8) is 0 Å². The number of amides is 1. The van der Waals surface area contributed by atoms with E-state index in [0.29, 0.717) is 12.1 Å². The first-order valence-corrected chi connectivity index (χ1v) is 9.62. The van der Waals surface area contributed by atoms with E-state index in [4.69, 9.17) is 11.6 Å². The zero-order chi connectivity index (χ0) is 20.7. The Balaban J connectivity index is 0.00000420. The number of aliphatic imine (C=N–C) groups is 1. The SMILES string of the molecule is CN=C(NCc1ccc(C(=O)N(C)C)cc1)NCC(C)(C)c1ccc(Cl)cc1.I. The van der Waals surface area contributed by atoms with Gasteiger partial charge in [-0.2, -0.15) is 0 Å². The van der Waals surface area contributed by atoms with Crippen LogP contribution in [-0.4, -0.2) is 44.5 Å². The molecule has 2 aromatic carbocycles. The molecule has 0 aromatic heterocycles. The van der Waals surface area contributed by atoms with Crippen molar-refractivity contribution in [1.82, 2.24) is 15.5 Å². The Morgan fingerprint density at radius 2 is 1.62 bits per heavy atom. The molecule has 1 amide bonds. The van der Waals surface area contributed by atoms with Crippen LogP contribution in [0.5, 0.6) is 0 Å². The standard InChI is InChI=1S/C22H29ClN4O.HI/c1-22(2,18-10-12-19(23)13-11-18)15-26-21(24-3)25-14-16-6-8-17(9-7-16)20(28)27(4)5;/h6-13H,14-15H2,1-5H3,(H2,24,25,26);1H. The molecule has 0 saturated carbocycles. The van der Waals surface area contributed by atoms with Crippen LogP contribution in [0.1, 0.15) is 35.3 Å². The van der Waals surface area contributed by atoms with Crippen LogP contribution in [0.25, 0.3) is 0 Å². The molecule has 0 aliphatic rings. The van der Waals surface area contributed by atoms with Gasteiger partial charge in [-0.05, 0) is 35.4 Å². The Morgan fingerprint density at radius 3 is 2.14 bits per heavy atom. The highest BCUT2D eigenvalue weighted by Gasteiger charge is 2.20. The molecular weight excluding hydrogens is 499 g/mol. The third kappa shape index (κ3) is 7.51. The van der Waals surface area contributed by atoms with Crippen LogP contribution in [0.4, 0.5) is 0 Å². The molecule has 2 aromatic rings. The van der Waals surface area contributed by atoms with Crippen LogP contribution in [-0.2, 0) is 12.0 Å². The molecule has 0 spiro atoms. The van der Waals surface area contributed by atoms with Crippen molar-refractivity contribution >= 4 is 47.4 Å². The van der Waals surface area contributed by atoms with Crippen molar-refractivity contribution in [3.8, 4) is 0 Å². The molecule has 29 heavy (non-hydrogen) atoms. The van der Waals surface area contributed by atoms with Crippen LogP contribution >= 0.6 is 35.6 Å². The van der Waals surface area contributed by atoms with Crippen molar-refractivity contribution in [2.45, 2.75) is 25.8 Å². The van der Waals surface area contributed by atoms with Gasteiger partial charge in [0.05, 0.1) is 0 Å². The summed E-state index contributed by atoms with van der Waals surface area (Å²) in [6.45, 7) is 5.70. The van der Waals surface area contributed by atoms with Crippen LogP contribution < -0.4 is 10.6 Å². The summed E-state index contributed by atoms with van der Waals surface area (Å²) in [6.07, 6.45) is 0. The van der Waals surface area contributed by atoms with Gasteiger partial charge in [-0.15, -0.1) is 24.0 Å². The number of hydrogen-bond donors (Lipinski definition) is 2. The average Bonchev–Trinajstić information content (AvgIpc) is 2.68. The zero-order valence-corrected chi connectivity index (χ0v) is 20.7. The second-order valence-electron chi connectivity index (χ2n) is 7.57. The second kappa shape index (κ2) is 11.4. The molecule has 0 atom stereocenters. The predicted molar refractivity (Wildman–Crippen MR) is 133 cm³/mol. The van der Waals surface area contributed by atoms with Gasteiger partial charge in [0, 0.05) is 50.2 Å². The van der Waals surface area contributed by atoms with Crippen molar-refractivity contribution in [2.24, 2.45) is 4.99 Å². The molecule has 0 aliphatic heterocycles. The quantitative estimate of drug-likeness (QED) is 0.334. The Hall–Kier alpha value is -1.80. The molecule has 0 heterocycles. The Labute approximate surface area is 196 Å². The van der Waals surface area contributed by atoms with E-state index in [1.54, 1.807) is 26.0 Å². The monoisotopic (exact) mass is 528 g/mol. The minimum atomic E-state index is -0.0730. The van der Waals surface area contributed by atoms with Crippen LogP contribution in [0.2, 0.25) is 5.02 Å². The number of guanidine groups is 1. The molecule has 0 fully saturated rings. The lowest BCUT2D eigenvalue weighted by atomic mass is 9.85. The minimum Gasteiger partial charge on any atom is -0.356 e. The highest BCUT2D eigenvalue weighted by molar-refractivity contribution is 14.0. The molecule has 0 saturated heterocycles. The van der Waals surface area contributed by atoms with Gasteiger partial charge in [0.25, 0.3) is 5.91 Å². The van der Waals surface area contributed by atoms with E-state index in [9.17, 15) is 4.79 Å². The first kappa shape index (κ1) is 25.2. The third-order valence-corrected chi connectivity index (χ3v) is 4.87. The van der Waals surface area contributed by atoms with Gasteiger partial charge >= 0.3 is 0 Å². The molecule has 0 unspecified atom stereocenters. The lowest BCUT2D eigenvalue weighted by Crippen LogP contribution is -2.43. The first-order chi connectivity index (χ1) is 13.2. The minimum absolute atomic E-state index is 0. The number of carbonyl (C=O) groups excluding carboxylic acids is 1. The third-order valence-electron chi connectivity index (χ3n) is 4.61. The molecule has 0 aliphatic carbocycles. The van der Waals surface area contributed by atoms with E-state index in [0.717, 1.165) is 23.1 Å². The fraction of sp³-hybridized carbons (Fsp3) is 0.364. The molecule has 158 valence electrons. The van der Waals surface area contributed by atoms with Gasteiger partial charge in [-0.1, -0.05) is 49.7 Å². The summed E-state index contributed by atoms with van der Waals surface area (Å²) in [4.78, 5) is 17.8. The van der Waals surface area contributed by atoms with Gasteiger partial charge in [-0.3, -0.25) is 9.79 Å². The number of rotatable bonds is 6. The summed E-state index contributed by atoms with van der Waals surface area (Å²) in [5, 5.41) is 7.43. The summed E-state index contributed by atoms with van der Waals surface area (Å²) in [5.41, 5.74) is 2.90. The lowest BCUT2D eigenvalue weighted by molar-refractivity contribution is 0.0827. The smallest absolute Gasteiger partial charge is 0.253 e. The van der Waals surface area contributed by atoms with E-state index in [1.807, 2.05) is 36.4 Å². The molecule has 2 rings (SSSR count). The second-order valence-corrected chi connectivity index (χ2v) is 8.00. The van der Waals surface area contributed by atoms with E-state index in [2.05, 4.69) is 41.6 Å². The molecule has 7 heteroatoms. The molecule has 0 bridgehead atoms. The summed E-state index contributed by atoms with van der Waals surface area (Å²) >= 11 is 5.99. The number of carbonyl (C=O) groups is 1. The van der Waals surface area contributed by atoms with Gasteiger partial charge in [-0.25, -0.2) is 0 Å². The predicted octanol–water partition coefficient (Wildman–Crippen LogP) is 4.30. The summed E-state index contributed by atoms with van der Waals surface area (Å²) < 4.78 is 0. The van der Waals surface area contributed by atoms with E-state index >= 15 is 0 Å². The lowest BCUT2D eigenvalue weighted by Gasteiger charge is -2.27. The fourth-order valence-corrected chi connectivity index (χ4v) is 2.86. The van der Waals surface area contributed by atoms with Crippen LogP contribution in [0, 0.1) is 0 Å². The molecule has 5 nitrogen and oxygen atoms in total. The van der Waals surface area contributed by atoms with E-state index < -0.39 is 0 Å². The zero-order valence-electron chi connectivity index (χ0n) is 17.6. The van der Waals surface area contributed by atoms with Crippen LogP contribution in [0.3, 0.4) is 0 Å². The van der Waals surface area contributed by atoms with Gasteiger partial charge in [0.2, 0.25) is 0 Å². The van der Waals surface area contributed by atoms with Crippen molar-refractivity contribution in [3.05, 3.63) is 70.2 Å². The largest absolute Gasteiger partial charge is 0.356 e. The summed E-state index contributed by atoms with van der Waals surface area (Å²) in [5.74, 6) is 0.733. The van der Waals surface area contributed by atoms with Crippen molar-refractivity contribution in [2.75, 3.05) is 27.7 Å². The fourth-order valence-electron chi connectivity index (χ4n) is 2.74. The maximum atomic E-state index is 12.0. The molecular formula is C22H30ClIN4O. The summed E-state index contributed by atoms with van der Waals surface area (Å²) in [6, 6.07) is 15.5. The number of halogens is 2.